The van der Waals surface area contributed by atoms with E-state index in [-0.39, 0.29) is 27.1 Å². The zero-order chi connectivity index (χ0) is 50.0. The molecule has 3 heteroatoms. The van der Waals surface area contributed by atoms with E-state index in [1.165, 1.54) is 44.2 Å². The Kier molecular flexibility index (Phi) is 12.3. The molecule has 9 aromatic rings. The summed E-state index contributed by atoms with van der Waals surface area (Å²) in [6.07, 6.45) is 0. The SMILES string of the molecule is CC(C)(C)c1ccc(N(c2ccc(C(C)(C)C)cc2)c2ccc3c(c2)c2cc(N(c4ccc(C(C)(C)C)cc4)c4ccc(C(C)(C)C)cc4)ccc2n3-c2cccc(C(C)(C)c3ccccc3)c2)cc1. The minimum absolute atomic E-state index is 0.0426. The molecule has 9 rings (SSSR count). The minimum atomic E-state index is -0.201. The summed E-state index contributed by atoms with van der Waals surface area (Å²) in [5, 5.41) is 2.38. The van der Waals surface area contributed by atoms with Gasteiger partial charge >= 0.3 is 0 Å². The van der Waals surface area contributed by atoms with Crippen LogP contribution in [0.4, 0.5) is 34.1 Å². The van der Waals surface area contributed by atoms with Crippen LogP contribution in [0.5, 0.6) is 0 Å². The van der Waals surface area contributed by atoms with Crippen molar-refractivity contribution < 1.29 is 0 Å². The molecule has 1 aromatic heterocycles. The van der Waals surface area contributed by atoms with E-state index in [2.05, 4.69) is 299 Å². The zero-order valence-corrected chi connectivity index (χ0v) is 44.2. The average molecular weight is 920 g/mol. The summed E-state index contributed by atoms with van der Waals surface area (Å²) in [5.74, 6) is 0. The smallest absolute Gasteiger partial charge is 0.0542 e. The molecule has 1 heterocycles. The van der Waals surface area contributed by atoms with Crippen LogP contribution < -0.4 is 9.80 Å². The van der Waals surface area contributed by atoms with Crippen molar-refractivity contribution in [3.8, 4) is 5.69 Å². The highest BCUT2D eigenvalue weighted by Crippen LogP contribution is 2.45. The van der Waals surface area contributed by atoms with Gasteiger partial charge in [0.05, 0.1) is 11.0 Å². The monoisotopic (exact) mass is 920 g/mol. The van der Waals surface area contributed by atoms with Gasteiger partial charge in [0.25, 0.3) is 0 Å². The quantitative estimate of drug-likeness (QED) is 0.143. The van der Waals surface area contributed by atoms with E-state index in [1.807, 2.05) is 0 Å². The van der Waals surface area contributed by atoms with E-state index in [0.29, 0.717) is 0 Å². The molecule has 0 saturated carbocycles. The Hall–Kier alpha value is -6.84. The fraction of sp³-hybridized carbons (Fsp3) is 0.284. The molecule has 0 fully saturated rings. The highest BCUT2D eigenvalue weighted by molar-refractivity contribution is 6.12. The van der Waals surface area contributed by atoms with Crippen LogP contribution in [0.25, 0.3) is 27.5 Å². The van der Waals surface area contributed by atoms with E-state index in [1.54, 1.807) is 0 Å². The van der Waals surface area contributed by atoms with Gasteiger partial charge in [-0.1, -0.05) is 188 Å². The van der Waals surface area contributed by atoms with Crippen molar-refractivity contribution in [3.05, 3.63) is 221 Å². The van der Waals surface area contributed by atoms with Crippen LogP contribution >= 0.6 is 0 Å². The van der Waals surface area contributed by atoms with Gasteiger partial charge in [-0.3, -0.25) is 0 Å². The lowest BCUT2D eigenvalue weighted by atomic mass is 9.78. The molecule has 0 aliphatic rings. The molecule has 356 valence electrons. The van der Waals surface area contributed by atoms with Crippen molar-refractivity contribution in [3.63, 3.8) is 0 Å². The molecule has 0 N–H and O–H groups in total. The molecule has 0 unspecified atom stereocenters. The topological polar surface area (TPSA) is 11.4 Å². The van der Waals surface area contributed by atoms with Crippen LogP contribution in [0.1, 0.15) is 130 Å². The maximum Gasteiger partial charge on any atom is 0.0542 e. The Labute approximate surface area is 419 Å². The van der Waals surface area contributed by atoms with Crippen LogP contribution in [0.3, 0.4) is 0 Å². The average Bonchev–Trinajstić information content (AvgIpc) is 3.65. The summed E-state index contributed by atoms with van der Waals surface area (Å²) in [6, 6.07) is 70.9. The van der Waals surface area contributed by atoms with Gasteiger partial charge in [0.15, 0.2) is 0 Å². The first-order valence-corrected chi connectivity index (χ1v) is 25.3. The number of nitrogens with zero attached hydrogens (tertiary/aromatic N) is 3. The number of hydrogen-bond acceptors (Lipinski definition) is 2. The second-order valence-corrected chi connectivity index (χ2v) is 24.1. The number of hydrogen-bond donors (Lipinski definition) is 0. The summed E-state index contributed by atoms with van der Waals surface area (Å²) >= 11 is 0. The van der Waals surface area contributed by atoms with Crippen LogP contribution in [0, 0.1) is 0 Å². The fourth-order valence-corrected chi connectivity index (χ4v) is 9.95. The molecule has 0 saturated heterocycles. The summed E-state index contributed by atoms with van der Waals surface area (Å²) in [7, 11) is 0. The van der Waals surface area contributed by atoms with Crippen LogP contribution in [0.15, 0.2) is 188 Å². The molecule has 8 aromatic carbocycles. The molecule has 3 nitrogen and oxygen atoms in total. The molecule has 0 atom stereocenters. The lowest BCUT2D eigenvalue weighted by Gasteiger charge is -2.28. The fourth-order valence-electron chi connectivity index (χ4n) is 9.95. The molecule has 0 aliphatic heterocycles. The van der Waals surface area contributed by atoms with Crippen LogP contribution in [-0.4, -0.2) is 4.57 Å². The van der Waals surface area contributed by atoms with Gasteiger partial charge < -0.3 is 14.4 Å². The Bertz CT molecular complexity index is 2980. The molecule has 70 heavy (non-hydrogen) atoms. The number of aromatic nitrogens is 1. The van der Waals surface area contributed by atoms with E-state index in [9.17, 15) is 0 Å². The Morgan fingerprint density at radius 3 is 0.914 bits per heavy atom. The van der Waals surface area contributed by atoms with Gasteiger partial charge in [-0.2, -0.15) is 0 Å². The largest absolute Gasteiger partial charge is 0.310 e. The lowest BCUT2D eigenvalue weighted by Crippen LogP contribution is -2.19. The van der Waals surface area contributed by atoms with Gasteiger partial charge in [0.2, 0.25) is 0 Å². The highest BCUT2D eigenvalue weighted by atomic mass is 15.1. The third kappa shape index (κ3) is 9.44. The normalized spacial score (nSPS) is 12.7. The first-order valence-electron chi connectivity index (χ1n) is 25.3. The van der Waals surface area contributed by atoms with Crippen molar-refractivity contribution in [1.29, 1.82) is 0 Å². The van der Waals surface area contributed by atoms with E-state index in [0.717, 1.165) is 50.8 Å². The maximum absolute atomic E-state index is 2.48. The molecule has 0 spiro atoms. The molecule has 0 radical (unpaired) electrons. The van der Waals surface area contributed by atoms with E-state index in [4.69, 9.17) is 0 Å². The van der Waals surface area contributed by atoms with E-state index < -0.39 is 0 Å². The molecule has 0 bridgehead atoms. The van der Waals surface area contributed by atoms with Crippen molar-refractivity contribution in [1.82, 2.24) is 4.57 Å². The second-order valence-electron chi connectivity index (χ2n) is 24.1. The lowest BCUT2D eigenvalue weighted by molar-refractivity contribution is 0.590. The summed E-state index contributed by atoms with van der Waals surface area (Å²) in [6.45, 7) is 32.0. The van der Waals surface area contributed by atoms with Gasteiger partial charge in [-0.05, 0) is 152 Å². The molecule has 0 aliphatic carbocycles. The first-order chi connectivity index (χ1) is 33.0. The first kappa shape index (κ1) is 48.2. The zero-order valence-electron chi connectivity index (χ0n) is 44.2. The Morgan fingerprint density at radius 1 is 0.271 bits per heavy atom. The van der Waals surface area contributed by atoms with Crippen LogP contribution in [-0.2, 0) is 27.1 Å². The summed E-state index contributed by atoms with van der Waals surface area (Å²) in [4.78, 5) is 4.85. The van der Waals surface area contributed by atoms with Crippen LogP contribution in [0.2, 0.25) is 0 Å². The second kappa shape index (κ2) is 17.8. The third-order valence-electron chi connectivity index (χ3n) is 14.5. The van der Waals surface area contributed by atoms with E-state index >= 15 is 0 Å². The minimum Gasteiger partial charge on any atom is -0.310 e. The maximum atomic E-state index is 2.48. The number of anilines is 6. The molecular weight excluding hydrogens is 847 g/mol. The van der Waals surface area contributed by atoms with Gasteiger partial charge in [0.1, 0.15) is 0 Å². The Morgan fingerprint density at radius 2 is 0.586 bits per heavy atom. The predicted molar refractivity (Wildman–Crippen MR) is 304 cm³/mol. The molecule has 0 amide bonds. The number of benzene rings is 8. The molecular formula is C67H73N3. The van der Waals surface area contributed by atoms with Gasteiger partial charge in [0, 0.05) is 56.0 Å². The van der Waals surface area contributed by atoms with Gasteiger partial charge in [-0.15, -0.1) is 0 Å². The van der Waals surface area contributed by atoms with Crippen molar-refractivity contribution in [2.75, 3.05) is 9.80 Å². The van der Waals surface area contributed by atoms with Crippen molar-refractivity contribution in [2.24, 2.45) is 0 Å². The van der Waals surface area contributed by atoms with Gasteiger partial charge in [-0.25, -0.2) is 0 Å². The number of fused-ring (bicyclic) bond motifs is 3. The highest BCUT2D eigenvalue weighted by Gasteiger charge is 2.26. The van der Waals surface area contributed by atoms with Crippen molar-refractivity contribution >= 4 is 55.9 Å². The Balaban J connectivity index is 1.29. The summed E-state index contributed by atoms with van der Waals surface area (Å²) in [5.41, 5.74) is 18.0. The predicted octanol–water partition coefficient (Wildman–Crippen LogP) is 19.2. The standard InChI is InChI=1S/C67H73N3/c1-63(2,3)46-23-31-52(32-24-46)68(53-33-25-47(26-34-53)64(4,5)6)57-39-41-61-59(44-57)60-45-58(40-42-62(60)70(61)56-22-18-21-51(43-56)67(13,14)50-19-16-15-17-20-50)69(54-35-27-48(28-36-54)65(7,8)9)55-37-29-49(30-38-55)66(10,11)12/h15-45H,1-14H3. The number of rotatable bonds is 9. The summed E-state index contributed by atoms with van der Waals surface area (Å²) < 4.78 is 2.48. The third-order valence-corrected chi connectivity index (χ3v) is 14.5. The van der Waals surface area contributed by atoms with Crippen molar-refractivity contribution in [2.45, 2.75) is 124 Å².